The van der Waals surface area contributed by atoms with Crippen LogP contribution in [-0.2, 0) is 21.9 Å². The molecule has 0 aliphatic carbocycles. The molecular weight excluding hydrogens is 456 g/mol. The molecule has 1 amide bonds. The van der Waals surface area contributed by atoms with E-state index in [0.29, 0.717) is 16.9 Å². The van der Waals surface area contributed by atoms with Gasteiger partial charge in [0.1, 0.15) is 18.0 Å². The predicted octanol–water partition coefficient (Wildman–Crippen LogP) is 4.75. The number of ether oxygens (including phenoxy) is 1. The van der Waals surface area contributed by atoms with E-state index < -0.39 is 22.5 Å². The highest BCUT2D eigenvalue weighted by atomic mass is 32.2. The number of hydrogen-bond acceptors (Lipinski definition) is 6. The molecule has 1 N–H and O–H groups in total. The zero-order valence-electron chi connectivity index (χ0n) is 18.5. The number of azo groups is 1. The molecule has 0 bridgehead atoms. The van der Waals surface area contributed by atoms with Gasteiger partial charge in [0.25, 0.3) is 5.91 Å². The van der Waals surface area contributed by atoms with Crippen LogP contribution >= 0.6 is 0 Å². The van der Waals surface area contributed by atoms with Gasteiger partial charge in [0.15, 0.2) is 5.69 Å². The van der Waals surface area contributed by atoms with E-state index in [1.165, 1.54) is 4.57 Å². The summed E-state index contributed by atoms with van der Waals surface area (Å²) in [6.45, 7) is -0.549. The molecule has 0 aliphatic heterocycles. The summed E-state index contributed by atoms with van der Waals surface area (Å²) in [5, 5.41) is 18.5. The number of sulfonamides is 1. The van der Waals surface area contributed by atoms with Crippen LogP contribution in [0.15, 0.2) is 89.1 Å². The van der Waals surface area contributed by atoms with Crippen LogP contribution in [0, 0.1) is 0 Å². The summed E-state index contributed by atoms with van der Waals surface area (Å²) in [6, 6.07) is 22.6. The molecule has 9 nitrogen and oxygen atoms in total. The molecule has 3 aromatic carbocycles. The van der Waals surface area contributed by atoms with Crippen molar-refractivity contribution in [2.45, 2.75) is 0 Å². The average Bonchev–Trinajstić information content (AvgIpc) is 3.06. The van der Waals surface area contributed by atoms with Crippen molar-refractivity contribution in [3.05, 3.63) is 78.9 Å². The monoisotopic (exact) mass is 478 g/mol. The van der Waals surface area contributed by atoms with Gasteiger partial charge in [-0.2, -0.15) is 0 Å². The van der Waals surface area contributed by atoms with Crippen molar-refractivity contribution in [3.63, 3.8) is 0 Å². The van der Waals surface area contributed by atoms with Crippen molar-refractivity contribution in [2.75, 3.05) is 17.1 Å². The fourth-order valence-corrected chi connectivity index (χ4v) is 4.27. The molecule has 4 rings (SSSR count). The lowest BCUT2D eigenvalue weighted by atomic mass is 10.2. The Kier molecular flexibility index (Phi) is 6.33. The Morgan fingerprint density at radius 2 is 1.59 bits per heavy atom. The van der Waals surface area contributed by atoms with E-state index in [1.807, 2.05) is 24.3 Å². The Morgan fingerprint density at radius 1 is 0.971 bits per heavy atom. The fourth-order valence-electron chi connectivity index (χ4n) is 3.42. The van der Waals surface area contributed by atoms with Gasteiger partial charge >= 0.3 is 0 Å². The number of nitrogens with zero attached hydrogens (tertiary/aromatic N) is 4. The highest BCUT2D eigenvalue weighted by Gasteiger charge is 2.21. The van der Waals surface area contributed by atoms with Crippen LogP contribution in [0.1, 0.15) is 0 Å². The van der Waals surface area contributed by atoms with Crippen LogP contribution in [0.4, 0.5) is 11.4 Å². The number of aromatic hydroxyl groups is 1. The molecule has 0 atom stereocenters. The maximum absolute atomic E-state index is 12.5. The van der Waals surface area contributed by atoms with Gasteiger partial charge in [-0.1, -0.05) is 36.4 Å². The van der Waals surface area contributed by atoms with Gasteiger partial charge in [-0.3, -0.25) is 9.10 Å². The third-order valence-electron chi connectivity index (χ3n) is 5.09. The molecule has 4 aromatic rings. The summed E-state index contributed by atoms with van der Waals surface area (Å²) in [4.78, 5) is 12.5. The lowest BCUT2D eigenvalue weighted by Gasteiger charge is -2.20. The summed E-state index contributed by atoms with van der Waals surface area (Å²) in [5.74, 6) is 0.220. The number of anilines is 1. The van der Waals surface area contributed by atoms with Gasteiger partial charge in [0.05, 0.1) is 17.5 Å². The quantitative estimate of drug-likeness (QED) is 0.385. The first-order valence-electron chi connectivity index (χ1n) is 10.3. The van der Waals surface area contributed by atoms with Crippen LogP contribution in [0.5, 0.6) is 17.4 Å². The van der Waals surface area contributed by atoms with Crippen LogP contribution < -0.4 is 9.04 Å². The number of benzene rings is 3. The second-order valence-corrected chi connectivity index (χ2v) is 9.43. The van der Waals surface area contributed by atoms with E-state index in [2.05, 4.69) is 10.2 Å². The normalized spacial score (nSPS) is 11.7. The molecule has 0 saturated carbocycles. The van der Waals surface area contributed by atoms with Crippen LogP contribution in [0.2, 0.25) is 0 Å². The molecular formula is C24H22N4O5S. The lowest BCUT2D eigenvalue weighted by Crippen LogP contribution is -2.34. The Labute approximate surface area is 196 Å². The second-order valence-electron chi connectivity index (χ2n) is 7.52. The molecule has 0 saturated heterocycles. The van der Waals surface area contributed by atoms with Crippen molar-refractivity contribution < 1.29 is 23.1 Å². The molecule has 0 unspecified atom stereocenters. The predicted molar refractivity (Wildman–Crippen MR) is 129 cm³/mol. The van der Waals surface area contributed by atoms with Crippen molar-refractivity contribution >= 4 is 38.2 Å². The minimum absolute atomic E-state index is 0.139. The Morgan fingerprint density at radius 3 is 2.26 bits per heavy atom. The first kappa shape index (κ1) is 23.0. The summed E-state index contributed by atoms with van der Waals surface area (Å²) in [6.07, 6.45) is 1.00. The summed E-state index contributed by atoms with van der Waals surface area (Å²) >= 11 is 0. The van der Waals surface area contributed by atoms with Crippen molar-refractivity contribution in [1.29, 1.82) is 0 Å². The van der Waals surface area contributed by atoms with Crippen LogP contribution in [0.25, 0.3) is 10.9 Å². The molecule has 1 aromatic heterocycles. The van der Waals surface area contributed by atoms with E-state index in [4.69, 9.17) is 4.74 Å². The number of carbonyl (C=O) groups excluding carboxylic acids is 1. The first-order chi connectivity index (χ1) is 16.2. The van der Waals surface area contributed by atoms with E-state index in [-0.39, 0.29) is 17.3 Å². The van der Waals surface area contributed by atoms with E-state index >= 15 is 0 Å². The molecule has 34 heavy (non-hydrogen) atoms. The highest BCUT2D eigenvalue weighted by molar-refractivity contribution is 7.92. The smallest absolute Gasteiger partial charge is 0.285 e. The summed E-state index contributed by atoms with van der Waals surface area (Å²) in [7, 11) is -2.13. The number of aryl methyl sites for hydroxylation is 1. The van der Waals surface area contributed by atoms with Gasteiger partial charge in [0.2, 0.25) is 15.9 Å². The average molecular weight is 479 g/mol. The van der Waals surface area contributed by atoms with E-state index in [0.717, 1.165) is 16.1 Å². The Bertz CT molecular complexity index is 1460. The summed E-state index contributed by atoms with van der Waals surface area (Å²) < 4.78 is 32.9. The van der Waals surface area contributed by atoms with Gasteiger partial charge in [-0.05, 0) is 42.5 Å². The number of aromatic nitrogens is 1. The third kappa shape index (κ3) is 4.91. The minimum atomic E-state index is -3.79. The lowest BCUT2D eigenvalue weighted by molar-refractivity contribution is -0.116. The van der Waals surface area contributed by atoms with E-state index in [9.17, 15) is 18.3 Å². The Balaban J connectivity index is 1.53. The third-order valence-corrected chi connectivity index (χ3v) is 6.23. The molecule has 1 heterocycles. The first-order valence-corrected chi connectivity index (χ1v) is 12.1. The topological polar surface area (TPSA) is 114 Å². The number of para-hydroxylation sites is 2. The fraction of sp³-hybridized carbons (Fsp3) is 0.125. The van der Waals surface area contributed by atoms with Gasteiger partial charge in [-0.15, -0.1) is 10.2 Å². The van der Waals surface area contributed by atoms with Crippen LogP contribution in [0.3, 0.4) is 0 Å². The number of rotatable bonds is 7. The highest BCUT2D eigenvalue weighted by Crippen LogP contribution is 2.37. The SMILES string of the molecule is Cn1c(O)c(N=NC(=O)CN(c2ccc(Oc3ccccc3)cc2)S(C)(=O)=O)c2ccccc21. The summed E-state index contributed by atoms with van der Waals surface area (Å²) in [5.41, 5.74) is 1.14. The Hall–Kier alpha value is -4.18. The number of carbonyl (C=O) groups is 1. The molecule has 174 valence electrons. The van der Waals surface area contributed by atoms with E-state index in [1.54, 1.807) is 61.6 Å². The molecule has 0 radical (unpaired) electrons. The maximum atomic E-state index is 12.5. The zero-order valence-corrected chi connectivity index (χ0v) is 19.3. The van der Waals surface area contributed by atoms with Crippen molar-refractivity contribution in [3.8, 4) is 17.4 Å². The van der Waals surface area contributed by atoms with Gasteiger partial charge in [0, 0.05) is 12.4 Å². The van der Waals surface area contributed by atoms with Gasteiger partial charge < -0.3 is 14.4 Å². The molecule has 10 heteroatoms. The second kappa shape index (κ2) is 9.36. The number of amides is 1. The molecule has 0 spiro atoms. The maximum Gasteiger partial charge on any atom is 0.285 e. The number of hydrogen-bond donors (Lipinski definition) is 1. The van der Waals surface area contributed by atoms with Crippen LogP contribution in [-0.4, -0.2) is 36.8 Å². The number of fused-ring (bicyclic) bond motifs is 1. The zero-order chi connectivity index (χ0) is 24.3. The molecule has 0 fully saturated rings. The largest absolute Gasteiger partial charge is 0.493 e. The molecule has 0 aliphatic rings. The standard InChI is InChI=1S/C24H22N4O5S/c1-27-21-11-7-6-10-20(21)23(24(27)30)26-25-22(29)16-28(34(2,31)32)17-12-14-19(15-13-17)33-18-8-4-3-5-9-18/h3-15,30H,16H2,1-2H3. The van der Waals surface area contributed by atoms with Crippen molar-refractivity contribution in [1.82, 2.24) is 4.57 Å². The van der Waals surface area contributed by atoms with Gasteiger partial charge in [-0.25, -0.2) is 8.42 Å². The minimum Gasteiger partial charge on any atom is -0.493 e. The van der Waals surface area contributed by atoms with Crippen molar-refractivity contribution in [2.24, 2.45) is 17.3 Å².